The molecule has 0 aromatic heterocycles. The Kier molecular flexibility index (Phi) is 6.22. The van der Waals surface area contributed by atoms with Crippen molar-refractivity contribution in [3.63, 3.8) is 0 Å². The van der Waals surface area contributed by atoms with E-state index >= 15 is 0 Å². The number of amides is 1. The molecule has 0 heterocycles. The summed E-state index contributed by atoms with van der Waals surface area (Å²) in [5.41, 5.74) is 0.832. The summed E-state index contributed by atoms with van der Waals surface area (Å²) in [5, 5.41) is 3.58. The number of hydrogen-bond acceptors (Lipinski definition) is 4. The largest absolute Gasteiger partial charge is 0.456 e. The van der Waals surface area contributed by atoms with Crippen molar-refractivity contribution in [3.05, 3.63) is 53.6 Å². The maximum atomic E-state index is 12.6. The minimum atomic E-state index is -0.312. The molecule has 0 radical (unpaired) electrons. The molecule has 6 rings (SSSR count). The monoisotopic (exact) mass is 469 g/mol. The number of carbonyl (C=O) groups excluding carboxylic acids is 2. The van der Waals surface area contributed by atoms with Gasteiger partial charge in [0.1, 0.15) is 0 Å². The number of carbonyl (C=O) groups is 2. The van der Waals surface area contributed by atoms with E-state index in [1.807, 2.05) is 48.5 Å². The molecule has 4 aliphatic rings. The van der Waals surface area contributed by atoms with E-state index in [9.17, 15) is 9.59 Å². The van der Waals surface area contributed by atoms with Crippen LogP contribution in [0.3, 0.4) is 0 Å². The van der Waals surface area contributed by atoms with E-state index in [4.69, 9.17) is 16.3 Å². The topological polar surface area (TPSA) is 55.4 Å². The van der Waals surface area contributed by atoms with Gasteiger partial charge in [0.15, 0.2) is 6.61 Å². The smallest absolute Gasteiger partial charge is 0.306 e. The van der Waals surface area contributed by atoms with Gasteiger partial charge >= 0.3 is 5.97 Å². The van der Waals surface area contributed by atoms with Crippen LogP contribution >= 0.6 is 23.4 Å². The number of nitrogens with one attached hydrogen (secondary N) is 1. The Labute approximate surface area is 198 Å². The predicted octanol–water partition coefficient (Wildman–Crippen LogP) is 6.58. The van der Waals surface area contributed by atoms with Crippen LogP contribution in [0.4, 0.5) is 5.69 Å². The van der Waals surface area contributed by atoms with Crippen LogP contribution in [0, 0.1) is 23.2 Å². The average Bonchev–Trinajstić information content (AvgIpc) is 2.74. The van der Waals surface area contributed by atoms with Gasteiger partial charge in [-0.25, -0.2) is 0 Å². The van der Waals surface area contributed by atoms with E-state index in [-0.39, 0.29) is 23.9 Å². The summed E-state index contributed by atoms with van der Waals surface area (Å²) in [7, 11) is 0. The number of rotatable bonds is 7. The van der Waals surface area contributed by atoms with Crippen LogP contribution in [0.25, 0.3) is 0 Å². The van der Waals surface area contributed by atoms with Crippen molar-refractivity contribution < 1.29 is 14.3 Å². The lowest BCUT2D eigenvalue weighted by molar-refractivity contribution is -0.154. The van der Waals surface area contributed by atoms with E-state index in [2.05, 4.69) is 5.32 Å². The predicted molar refractivity (Wildman–Crippen MR) is 127 cm³/mol. The van der Waals surface area contributed by atoms with Gasteiger partial charge in [-0.2, -0.15) is 0 Å². The first-order valence-electron chi connectivity index (χ1n) is 11.4. The Hall–Kier alpha value is -1.98. The molecule has 6 heteroatoms. The Morgan fingerprint density at radius 1 is 0.969 bits per heavy atom. The Balaban J connectivity index is 1.14. The summed E-state index contributed by atoms with van der Waals surface area (Å²) in [6.07, 6.45) is 8.01. The third-order valence-corrected chi connectivity index (χ3v) is 8.59. The number of esters is 1. The highest BCUT2D eigenvalue weighted by molar-refractivity contribution is 7.99. The van der Waals surface area contributed by atoms with Crippen molar-refractivity contribution in [2.45, 2.75) is 54.7 Å². The number of benzene rings is 2. The second-order valence-electron chi connectivity index (χ2n) is 9.86. The lowest BCUT2D eigenvalue weighted by Gasteiger charge is -2.56. The fraction of sp³-hybridized carbons (Fsp3) is 0.462. The zero-order chi connectivity index (χ0) is 22.1. The highest BCUT2D eigenvalue weighted by Gasteiger charge is 2.51. The van der Waals surface area contributed by atoms with Gasteiger partial charge in [0.2, 0.25) is 0 Å². The second kappa shape index (κ2) is 9.11. The number of para-hydroxylation sites is 1. The lowest BCUT2D eigenvalue weighted by atomic mass is 9.49. The number of ether oxygens (including phenoxy) is 1. The molecule has 0 aliphatic heterocycles. The number of halogens is 1. The summed E-state index contributed by atoms with van der Waals surface area (Å²) in [4.78, 5) is 27.1. The Morgan fingerprint density at radius 3 is 2.25 bits per heavy atom. The van der Waals surface area contributed by atoms with Crippen molar-refractivity contribution >= 4 is 40.9 Å². The van der Waals surface area contributed by atoms with Gasteiger partial charge in [0.05, 0.1) is 12.1 Å². The van der Waals surface area contributed by atoms with Crippen molar-refractivity contribution in [2.75, 3.05) is 11.9 Å². The van der Waals surface area contributed by atoms with Crippen LogP contribution in [0.2, 0.25) is 5.02 Å². The first kappa shape index (κ1) is 21.8. The van der Waals surface area contributed by atoms with E-state index in [1.54, 1.807) is 11.8 Å². The van der Waals surface area contributed by atoms with E-state index in [1.165, 1.54) is 19.3 Å². The Bertz CT molecular complexity index is 971. The molecular weight excluding hydrogens is 442 g/mol. The standard InChI is InChI=1S/C26H28ClNO3S/c27-20-5-7-21(8-6-20)32-23-4-2-1-3-22(23)28-24(29)16-31-25(30)15-26-12-17-9-18(13-26)11-19(10-17)14-26/h1-8,17-19H,9-16H2,(H,28,29). The summed E-state index contributed by atoms with van der Waals surface area (Å²) >= 11 is 7.51. The molecule has 2 aromatic carbocycles. The molecule has 4 saturated carbocycles. The minimum Gasteiger partial charge on any atom is -0.456 e. The van der Waals surface area contributed by atoms with Gasteiger partial charge in [0.25, 0.3) is 5.91 Å². The van der Waals surface area contributed by atoms with Crippen molar-refractivity contribution in [1.82, 2.24) is 0 Å². The van der Waals surface area contributed by atoms with Crippen LogP contribution < -0.4 is 5.32 Å². The molecular formula is C26H28ClNO3S. The molecule has 4 nitrogen and oxygen atoms in total. The summed E-state index contributed by atoms with van der Waals surface area (Å²) < 4.78 is 5.41. The highest BCUT2D eigenvalue weighted by atomic mass is 35.5. The van der Waals surface area contributed by atoms with Gasteiger partial charge in [-0.15, -0.1) is 0 Å². The fourth-order valence-corrected chi connectivity index (χ4v) is 7.51. The van der Waals surface area contributed by atoms with Gasteiger partial charge in [-0.05, 0) is 98.1 Å². The van der Waals surface area contributed by atoms with E-state index < -0.39 is 0 Å². The number of hydrogen-bond donors (Lipinski definition) is 1. The van der Waals surface area contributed by atoms with Gasteiger partial charge in [-0.3, -0.25) is 9.59 Å². The molecule has 1 amide bonds. The minimum absolute atomic E-state index is 0.129. The number of anilines is 1. The van der Waals surface area contributed by atoms with Crippen molar-refractivity contribution in [1.29, 1.82) is 0 Å². The van der Waals surface area contributed by atoms with Crippen LogP contribution in [-0.2, 0) is 14.3 Å². The quantitative estimate of drug-likeness (QED) is 0.465. The Morgan fingerprint density at radius 2 is 1.59 bits per heavy atom. The summed E-state index contributed by atoms with van der Waals surface area (Å²) in [5.74, 6) is 1.85. The molecule has 168 valence electrons. The molecule has 0 unspecified atom stereocenters. The molecule has 0 saturated heterocycles. The first-order chi connectivity index (χ1) is 15.5. The second-order valence-corrected chi connectivity index (χ2v) is 11.4. The third kappa shape index (κ3) is 4.99. The van der Waals surface area contributed by atoms with E-state index in [0.29, 0.717) is 17.1 Å². The lowest BCUT2D eigenvalue weighted by Crippen LogP contribution is -2.47. The zero-order valence-electron chi connectivity index (χ0n) is 18.0. The van der Waals surface area contributed by atoms with Gasteiger partial charge < -0.3 is 10.1 Å². The molecule has 1 N–H and O–H groups in total. The van der Waals surface area contributed by atoms with Crippen LogP contribution in [-0.4, -0.2) is 18.5 Å². The molecule has 4 fully saturated rings. The molecule has 0 atom stereocenters. The van der Waals surface area contributed by atoms with Crippen LogP contribution in [0.1, 0.15) is 44.9 Å². The first-order valence-corrected chi connectivity index (χ1v) is 12.6. The normalized spacial score (nSPS) is 27.8. The van der Waals surface area contributed by atoms with E-state index in [0.717, 1.165) is 46.8 Å². The van der Waals surface area contributed by atoms with Crippen LogP contribution in [0.15, 0.2) is 58.3 Å². The SMILES string of the molecule is O=C(COC(=O)CC12CC3CC(CC(C3)C1)C2)Nc1ccccc1Sc1ccc(Cl)cc1. The molecule has 4 aliphatic carbocycles. The maximum absolute atomic E-state index is 12.6. The molecule has 32 heavy (non-hydrogen) atoms. The molecule has 4 bridgehead atoms. The maximum Gasteiger partial charge on any atom is 0.306 e. The van der Waals surface area contributed by atoms with Crippen LogP contribution in [0.5, 0.6) is 0 Å². The van der Waals surface area contributed by atoms with Crippen molar-refractivity contribution in [2.24, 2.45) is 23.2 Å². The third-order valence-electron chi connectivity index (χ3n) is 7.25. The van der Waals surface area contributed by atoms with Gasteiger partial charge in [0, 0.05) is 14.8 Å². The fourth-order valence-electron chi connectivity index (χ4n) is 6.48. The average molecular weight is 470 g/mol. The molecule has 0 spiro atoms. The summed E-state index contributed by atoms with van der Waals surface area (Å²) in [6.45, 7) is -0.245. The highest BCUT2D eigenvalue weighted by Crippen LogP contribution is 2.61. The van der Waals surface area contributed by atoms with Gasteiger partial charge in [-0.1, -0.05) is 35.5 Å². The van der Waals surface area contributed by atoms with Crippen molar-refractivity contribution in [3.8, 4) is 0 Å². The zero-order valence-corrected chi connectivity index (χ0v) is 19.6. The summed E-state index contributed by atoms with van der Waals surface area (Å²) in [6, 6.07) is 15.2. The molecule has 2 aromatic rings.